The maximum atomic E-state index is 12.4. The Balaban J connectivity index is 0.000000387. The first-order valence-electron chi connectivity index (χ1n) is 13.2. The van der Waals surface area contributed by atoms with Crippen LogP contribution in [0.3, 0.4) is 0 Å². The highest BCUT2D eigenvalue weighted by molar-refractivity contribution is 7.91. The Morgan fingerprint density at radius 1 is 0.676 bits per heavy atom. The van der Waals surface area contributed by atoms with Gasteiger partial charge >= 0.3 is 0 Å². The summed E-state index contributed by atoms with van der Waals surface area (Å²) in [4.78, 5) is 1.69. The number of anilines is 2. The molecule has 0 aliphatic rings. The van der Waals surface area contributed by atoms with E-state index in [1.807, 2.05) is 0 Å². The van der Waals surface area contributed by atoms with Crippen molar-refractivity contribution in [1.29, 1.82) is 0 Å². The molecule has 10 heteroatoms. The van der Waals surface area contributed by atoms with Crippen LogP contribution in [0, 0.1) is 0 Å². The average molecular weight is 556 g/mol. The van der Waals surface area contributed by atoms with Crippen LogP contribution in [0.15, 0.2) is 57.2 Å². The molecule has 0 saturated heterocycles. The largest absolute Gasteiger partial charge is 0.399 e. The van der Waals surface area contributed by atoms with Crippen molar-refractivity contribution in [1.82, 2.24) is 4.90 Å². The van der Waals surface area contributed by atoms with E-state index in [2.05, 4.69) is 25.7 Å². The molecule has 0 spiro atoms. The molecule has 0 heterocycles. The summed E-state index contributed by atoms with van der Waals surface area (Å²) in [6.45, 7) is 10.9. The van der Waals surface area contributed by atoms with Gasteiger partial charge in [0.05, 0.1) is 15.5 Å². The van der Waals surface area contributed by atoms with Crippen molar-refractivity contribution >= 4 is 31.3 Å². The minimum atomic E-state index is -4.61. The molecule has 37 heavy (non-hydrogen) atoms. The maximum Gasteiger partial charge on any atom is 0.296 e. The number of nitrogens with two attached hydrogens (primary N) is 2. The van der Waals surface area contributed by atoms with Gasteiger partial charge in [-0.3, -0.25) is 4.55 Å². The van der Waals surface area contributed by atoms with E-state index in [1.165, 1.54) is 102 Å². The van der Waals surface area contributed by atoms with Gasteiger partial charge in [0, 0.05) is 5.69 Å². The lowest BCUT2D eigenvalue weighted by atomic mass is 10.2. The second kappa shape index (κ2) is 16.7. The summed E-state index contributed by atoms with van der Waals surface area (Å²) in [5.41, 5.74) is 11.1. The van der Waals surface area contributed by atoms with Crippen molar-refractivity contribution in [3.8, 4) is 0 Å². The van der Waals surface area contributed by atoms with Crippen molar-refractivity contribution in [2.45, 2.75) is 93.2 Å². The van der Waals surface area contributed by atoms with E-state index in [4.69, 9.17) is 16.0 Å². The van der Waals surface area contributed by atoms with Crippen molar-refractivity contribution in [3.63, 3.8) is 0 Å². The SMILES string of the molecule is CCCCCN(CCCCC)CCCCC.Nc1ccc(S(=O)(=O)c2ccc(N)c(S(=O)(=O)O)c2)cc1. The van der Waals surface area contributed by atoms with Gasteiger partial charge in [0.25, 0.3) is 10.1 Å². The first-order chi connectivity index (χ1) is 17.5. The first kappa shape index (κ1) is 32.9. The molecule has 2 aromatic carbocycles. The summed E-state index contributed by atoms with van der Waals surface area (Å²) in [5.74, 6) is 0. The third kappa shape index (κ3) is 11.8. The molecule has 2 aromatic rings. The van der Waals surface area contributed by atoms with E-state index in [1.54, 1.807) is 0 Å². The van der Waals surface area contributed by atoms with Crippen LogP contribution >= 0.6 is 0 Å². The average Bonchev–Trinajstić information content (AvgIpc) is 2.84. The molecule has 8 nitrogen and oxygen atoms in total. The molecule has 0 amide bonds. The van der Waals surface area contributed by atoms with Crippen LogP contribution < -0.4 is 11.5 Å². The lowest BCUT2D eigenvalue weighted by Gasteiger charge is -2.22. The predicted octanol–water partition coefficient (Wildman–Crippen LogP) is 5.79. The fourth-order valence-electron chi connectivity index (χ4n) is 3.78. The molecular formula is C27H45N3O5S2. The smallest absolute Gasteiger partial charge is 0.296 e. The van der Waals surface area contributed by atoms with Crippen molar-refractivity contribution in [2.24, 2.45) is 0 Å². The van der Waals surface area contributed by atoms with E-state index < -0.39 is 24.9 Å². The minimum Gasteiger partial charge on any atom is -0.399 e. The Bertz CT molecular complexity index is 1110. The van der Waals surface area contributed by atoms with Gasteiger partial charge in [-0.25, -0.2) is 8.42 Å². The summed E-state index contributed by atoms with van der Waals surface area (Å²) in [5, 5.41) is 0. The fraction of sp³-hybridized carbons (Fsp3) is 0.556. The molecular weight excluding hydrogens is 510 g/mol. The number of hydrogen-bond acceptors (Lipinski definition) is 7. The summed E-state index contributed by atoms with van der Waals surface area (Å²) < 4.78 is 56.2. The normalized spacial score (nSPS) is 11.8. The molecule has 0 fully saturated rings. The Morgan fingerprint density at radius 2 is 1.11 bits per heavy atom. The standard InChI is InChI=1S/C15H33N.C12H12N2O5S2/c1-4-7-10-13-16(14-11-8-5-2)15-12-9-6-3;13-8-1-3-9(4-2-8)20(15,16)10-5-6-11(14)12(7-10)21(17,18)19/h4-15H2,1-3H3;1-7H,13-14H2,(H,17,18,19). The molecule has 0 aliphatic carbocycles. The summed E-state index contributed by atoms with van der Waals surface area (Å²) in [6.07, 6.45) is 12.4. The molecule has 210 valence electrons. The molecule has 0 aromatic heterocycles. The molecule has 0 bridgehead atoms. The third-order valence-corrected chi connectivity index (χ3v) is 8.67. The van der Waals surface area contributed by atoms with Gasteiger partial charge in [-0.05, 0) is 81.4 Å². The minimum absolute atomic E-state index is 0.0530. The van der Waals surface area contributed by atoms with E-state index in [0.29, 0.717) is 5.69 Å². The second-order valence-corrected chi connectivity index (χ2v) is 12.5. The van der Waals surface area contributed by atoms with Crippen LogP contribution in [-0.2, 0) is 20.0 Å². The van der Waals surface area contributed by atoms with Crippen molar-refractivity contribution in [3.05, 3.63) is 42.5 Å². The summed E-state index contributed by atoms with van der Waals surface area (Å²) in [6, 6.07) is 8.50. The number of nitrogens with zero attached hydrogens (tertiary/aromatic N) is 1. The molecule has 0 saturated carbocycles. The zero-order chi connectivity index (χ0) is 27.9. The van der Waals surface area contributed by atoms with Gasteiger partial charge in [0.15, 0.2) is 0 Å². The predicted molar refractivity (Wildman–Crippen MR) is 152 cm³/mol. The van der Waals surface area contributed by atoms with Gasteiger partial charge in [0.2, 0.25) is 9.84 Å². The van der Waals surface area contributed by atoms with Crippen LogP contribution in [-0.4, -0.2) is 45.9 Å². The van der Waals surface area contributed by atoms with Gasteiger partial charge < -0.3 is 16.4 Å². The van der Waals surface area contributed by atoms with Gasteiger partial charge in [0.1, 0.15) is 4.90 Å². The molecule has 0 aliphatic heterocycles. The zero-order valence-electron chi connectivity index (χ0n) is 22.5. The molecule has 0 atom stereocenters. The fourth-order valence-corrected chi connectivity index (χ4v) is 5.78. The number of hydrogen-bond donors (Lipinski definition) is 3. The van der Waals surface area contributed by atoms with E-state index in [-0.39, 0.29) is 15.5 Å². The zero-order valence-corrected chi connectivity index (χ0v) is 24.2. The van der Waals surface area contributed by atoms with E-state index in [0.717, 1.165) is 18.2 Å². The Labute approximate surface area is 224 Å². The number of rotatable bonds is 15. The Kier molecular flexibility index (Phi) is 14.8. The van der Waals surface area contributed by atoms with Crippen LogP contribution in [0.1, 0.15) is 78.6 Å². The van der Waals surface area contributed by atoms with Crippen molar-refractivity contribution < 1.29 is 21.4 Å². The highest BCUT2D eigenvalue weighted by Crippen LogP contribution is 2.27. The molecule has 0 radical (unpaired) electrons. The Hall–Kier alpha value is -2.14. The highest BCUT2D eigenvalue weighted by Gasteiger charge is 2.22. The lowest BCUT2D eigenvalue weighted by molar-refractivity contribution is 0.256. The number of sulfone groups is 1. The quantitative estimate of drug-likeness (QED) is 0.142. The van der Waals surface area contributed by atoms with Crippen LogP contribution in [0.25, 0.3) is 0 Å². The van der Waals surface area contributed by atoms with Gasteiger partial charge in [-0.1, -0.05) is 59.3 Å². The highest BCUT2D eigenvalue weighted by atomic mass is 32.2. The topological polar surface area (TPSA) is 144 Å². The Morgan fingerprint density at radius 3 is 1.51 bits per heavy atom. The van der Waals surface area contributed by atoms with Crippen LogP contribution in [0.2, 0.25) is 0 Å². The lowest BCUT2D eigenvalue weighted by Crippen LogP contribution is -2.27. The molecule has 5 N–H and O–H groups in total. The monoisotopic (exact) mass is 555 g/mol. The molecule has 2 rings (SSSR count). The number of nitrogen functional groups attached to an aromatic ring is 2. The van der Waals surface area contributed by atoms with Gasteiger partial charge in [-0.15, -0.1) is 0 Å². The summed E-state index contributed by atoms with van der Waals surface area (Å²) >= 11 is 0. The van der Waals surface area contributed by atoms with Crippen LogP contribution in [0.5, 0.6) is 0 Å². The third-order valence-electron chi connectivity index (χ3n) is 6.00. The van der Waals surface area contributed by atoms with Gasteiger partial charge in [-0.2, -0.15) is 8.42 Å². The first-order valence-corrected chi connectivity index (χ1v) is 16.1. The second-order valence-electron chi connectivity index (χ2n) is 9.21. The number of benzene rings is 2. The molecule has 0 unspecified atom stereocenters. The number of unbranched alkanes of at least 4 members (excludes halogenated alkanes) is 6. The van der Waals surface area contributed by atoms with Crippen LogP contribution in [0.4, 0.5) is 11.4 Å². The van der Waals surface area contributed by atoms with E-state index >= 15 is 0 Å². The summed E-state index contributed by atoms with van der Waals surface area (Å²) in [7, 11) is -8.56. The van der Waals surface area contributed by atoms with Crippen molar-refractivity contribution in [2.75, 3.05) is 31.1 Å². The maximum absolute atomic E-state index is 12.4. The van der Waals surface area contributed by atoms with E-state index in [9.17, 15) is 16.8 Å².